The molecule has 0 bridgehead atoms. The van der Waals surface area contributed by atoms with Gasteiger partial charge in [0, 0.05) is 51.0 Å². The number of hydrogen-bond donors (Lipinski definition) is 0. The number of carbonyl (C=O) groups is 1. The van der Waals surface area contributed by atoms with Gasteiger partial charge in [-0.3, -0.25) is 9.69 Å². The minimum absolute atomic E-state index is 0.229. The molecule has 2 saturated heterocycles. The number of benzene rings is 2. The number of carbonyl (C=O) groups excluding carboxylic acids is 1. The highest BCUT2D eigenvalue weighted by atomic mass is 35.5. The number of hydrogen-bond acceptors (Lipinski definition) is 3. The Morgan fingerprint density at radius 2 is 1.73 bits per heavy atom. The highest BCUT2D eigenvalue weighted by Gasteiger charge is 2.44. The van der Waals surface area contributed by atoms with E-state index in [1.54, 1.807) is 0 Å². The van der Waals surface area contributed by atoms with Crippen molar-refractivity contribution < 1.29 is 9.53 Å². The van der Waals surface area contributed by atoms with Crippen LogP contribution in [0.25, 0.3) is 6.08 Å². The van der Waals surface area contributed by atoms with E-state index in [1.807, 2.05) is 35.2 Å². The summed E-state index contributed by atoms with van der Waals surface area (Å²) in [6.07, 6.45) is 5.80. The molecule has 4 rings (SSSR count). The molecule has 5 heteroatoms. The summed E-state index contributed by atoms with van der Waals surface area (Å²) in [5.41, 5.74) is 1.73. The largest absolute Gasteiger partial charge is 0.381 e. The normalized spacial score (nSPS) is 19.8. The average Bonchev–Trinajstić information content (AvgIpc) is 2.80. The van der Waals surface area contributed by atoms with Crippen molar-refractivity contribution in [3.05, 3.63) is 76.8 Å². The van der Waals surface area contributed by atoms with E-state index in [2.05, 4.69) is 41.3 Å². The highest BCUT2D eigenvalue weighted by molar-refractivity contribution is 6.30. The number of amides is 1. The van der Waals surface area contributed by atoms with Gasteiger partial charge in [-0.1, -0.05) is 66.2 Å². The Bertz CT molecular complexity index is 870. The second-order valence-corrected chi connectivity index (χ2v) is 8.55. The number of nitrogens with zero attached hydrogens (tertiary/aromatic N) is 2. The molecule has 0 aliphatic carbocycles. The summed E-state index contributed by atoms with van der Waals surface area (Å²) in [5, 5.41) is 0.682. The molecule has 0 unspecified atom stereocenters. The maximum atomic E-state index is 13.7. The molecule has 0 atom stereocenters. The molecule has 0 N–H and O–H groups in total. The van der Waals surface area contributed by atoms with Gasteiger partial charge >= 0.3 is 0 Å². The number of halogens is 1. The molecule has 2 aromatic carbocycles. The van der Waals surface area contributed by atoms with Gasteiger partial charge in [0.2, 0.25) is 5.91 Å². The predicted octanol–water partition coefficient (Wildman–Crippen LogP) is 4.25. The molecule has 0 saturated carbocycles. The van der Waals surface area contributed by atoms with E-state index in [4.69, 9.17) is 16.3 Å². The van der Waals surface area contributed by atoms with Crippen LogP contribution in [0.4, 0.5) is 0 Å². The minimum atomic E-state index is -0.515. The molecule has 2 heterocycles. The second kappa shape index (κ2) is 9.78. The van der Waals surface area contributed by atoms with Crippen molar-refractivity contribution in [3.63, 3.8) is 0 Å². The molecule has 0 aromatic heterocycles. The van der Waals surface area contributed by atoms with Crippen LogP contribution < -0.4 is 0 Å². The van der Waals surface area contributed by atoms with Gasteiger partial charge < -0.3 is 9.64 Å². The summed E-state index contributed by atoms with van der Waals surface area (Å²) >= 11 is 6.26. The van der Waals surface area contributed by atoms with E-state index in [9.17, 15) is 4.79 Å². The lowest BCUT2D eigenvalue weighted by atomic mass is 9.73. The zero-order valence-electron chi connectivity index (χ0n) is 17.3. The summed E-state index contributed by atoms with van der Waals surface area (Å²) in [6, 6.07) is 18.2. The lowest BCUT2D eigenvalue weighted by molar-refractivity contribution is -0.143. The fraction of sp³-hybridized carbons (Fsp3) is 0.400. The molecular formula is C25H29ClN2O2. The lowest BCUT2D eigenvalue weighted by Gasteiger charge is -2.43. The fourth-order valence-electron chi connectivity index (χ4n) is 4.47. The molecule has 0 spiro atoms. The van der Waals surface area contributed by atoms with Crippen LogP contribution >= 0.6 is 11.6 Å². The third kappa shape index (κ3) is 4.77. The van der Waals surface area contributed by atoms with E-state index >= 15 is 0 Å². The van der Waals surface area contributed by atoms with Crippen molar-refractivity contribution >= 4 is 23.6 Å². The Hall–Kier alpha value is -2.14. The molecule has 2 aliphatic heterocycles. The number of piperazine rings is 1. The van der Waals surface area contributed by atoms with Crippen LogP contribution in [-0.2, 0) is 14.9 Å². The molecular weight excluding hydrogens is 396 g/mol. The summed E-state index contributed by atoms with van der Waals surface area (Å²) in [5.74, 6) is 0.229. The molecule has 2 aliphatic rings. The van der Waals surface area contributed by atoms with Gasteiger partial charge in [0.25, 0.3) is 0 Å². The lowest BCUT2D eigenvalue weighted by Crippen LogP contribution is -2.56. The number of rotatable bonds is 5. The summed E-state index contributed by atoms with van der Waals surface area (Å²) in [7, 11) is 0. The first kappa shape index (κ1) is 21.1. The van der Waals surface area contributed by atoms with Crippen LogP contribution in [0, 0.1) is 0 Å². The molecule has 1 amide bonds. The quantitative estimate of drug-likeness (QED) is 0.719. The summed E-state index contributed by atoms with van der Waals surface area (Å²) in [6.45, 7) is 5.46. The number of ether oxygens (including phenoxy) is 1. The third-order valence-electron chi connectivity index (χ3n) is 6.27. The fourth-order valence-corrected chi connectivity index (χ4v) is 4.66. The SMILES string of the molecule is O=C(N1CCN(C/C=C/c2ccccc2)CC1)C1(c2cccc(Cl)c2)CCOCC1. The monoisotopic (exact) mass is 424 g/mol. The van der Waals surface area contributed by atoms with Gasteiger partial charge in [-0.15, -0.1) is 0 Å². The Kier molecular flexibility index (Phi) is 6.88. The van der Waals surface area contributed by atoms with Crippen LogP contribution in [0.1, 0.15) is 24.0 Å². The van der Waals surface area contributed by atoms with Crippen molar-refractivity contribution in [3.8, 4) is 0 Å². The first-order valence-electron chi connectivity index (χ1n) is 10.7. The van der Waals surface area contributed by atoms with Gasteiger partial charge in [-0.05, 0) is 36.1 Å². The average molecular weight is 425 g/mol. The van der Waals surface area contributed by atoms with Crippen molar-refractivity contribution in [2.75, 3.05) is 45.9 Å². The second-order valence-electron chi connectivity index (χ2n) is 8.11. The van der Waals surface area contributed by atoms with E-state index in [0.29, 0.717) is 31.1 Å². The van der Waals surface area contributed by atoms with Crippen LogP contribution in [-0.4, -0.2) is 61.6 Å². The molecule has 2 aromatic rings. The van der Waals surface area contributed by atoms with Crippen LogP contribution in [0.5, 0.6) is 0 Å². The molecule has 2 fully saturated rings. The van der Waals surface area contributed by atoms with Crippen molar-refractivity contribution in [1.29, 1.82) is 0 Å². The van der Waals surface area contributed by atoms with Crippen LogP contribution in [0.2, 0.25) is 5.02 Å². The standard InChI is InChI=1S/C25H29ClN2O2/c26-23-10-4-9-22(20-23)25(11-18-30-19-12-25)24(29)28-16-14-27(15-17-28)13-5-8-21-6-2-1-3-7-21/h1-10,20H,11-19H2/b8-5+. The van der Waals surface area contributed by atoms with E-state index in [-0.39, 0.29) is 5.91 Å². The van der Waals surface area contributed by atoms with Gasteiger partial charge in [-0.2, -0.15) is 0 Å². The van der Waals surface area contributed by atoms with Crippen molar-refractivity contribution in [1.82, 2.24) is 9.80 Å². The van der Waals surface area contributed by atoms with E-state index in [1.165, 1.54) is 5.56 Å². The van der Waals surface area contributed by atoms with Crippen molar-refractivity contribution in [2.45, 2.75) is 18.3 Å². The third-order valence-corrected chi connectivity index (χ3v) is 6.50. The summed E-state index contributed by atoms with van der Waals surface area (Å²) in [4.78, 5) is 18.1. The maximum absolute atomic E-state index is 13.7. The van der Waals surface area contributed by atoms with E-state index < -0.39 is 5.41 Å². The minimum Gasteiger partial charge on any atom is -0.381 e. The van der Waals surface area contributed by atoms with E-state index in [0.717, 1.165) is 38.3 Å². The smallest absolute Gasteiger partial charge is 0.233 e. The Balaban J connectivity index is 1.39. The van der Waals surface area contributed by atoms with Gasteiger partial charge in [0.05, 0.1) is 5.41 Å². The highest BCUT2D eigenvalue weighted by Crippen LogP contribution is 2.38. The zero-order valence-corrected chi connectivity index (χ0v) is 18.1. The van der Waals surface area contributed by atoms with Gasteiger partial charge in [0.1, 0.15) is 0 Å². The molecule has 0 radical (unpaired) electrons. The van der Waals surface area contributed by atoms with Crippen LogP contribution in [0.3, 0.4) is 0 Å². The Morgan fingerprint density at radius 3 is 2.43 bits per heavy atom. The zero-order chi connectivity index (χ0) is 20.8. The topological polar surface area (TPSA) is 32.8 Å². The predicted molar refractivity (Wildman–Crippen MR) is 122 cm³/mol. The Morgan fingerprint density at radius 1 is 1.00 bits per heavy atom. The maximum Gasteiger partial charge on any atom is 0.233 e. The Labute approximate surface area is 184 Å². The van der Waals surface area contributed by atoms with Crippen molar-refractivity contribution in [2.24, 2.45) is 0 Å². The van der Waals surface area contributed by atoms with Gasteiger partial charge in [0.15, 0.2) is 0 Å². The molecule has 158 valence electrons. The van der Waals surface area contributed by atoms with Crippen LogP contribution in [0.15, 0.2) is 60.7 Å². The first-order valence-corrected chi connectivity index (χ1v) is 11.1. The molecule has 4 nitrogen and oxygen atoms in total. The summed E-state index contributed by atoms with van der Waals surface area (Å²) < 4.78 is 5.59. The first-order chi connectivity index (χ1) is 14.7. The molecule has 30 heavy (non-hydrogen) atoms. The van der Waals surface area contributed by atoms with Gasteiger partial charge in [-0.25, -0.2) is 0 Å².